The van der Waals surface area contributed by atoms with Crippen LogP contribution in [0.25, 0.3) is 11.1 Å². The second-order valence-electron chi connectivity index (χ2n) is 8.09. The highest BCUT2D eigenvalue weighted by Gasteiger charge is 2.29. The normalized spacial score (nSPS) is 10.9. The first-order valence-corrected chi connectivity index (χ1v) is 11.8. The van der Waals surface area contributed by atoms with Crippen LogP contribution in [0.2, 0.25) is 0 Å². The number of alkyl carbamates (subject to hydrolysis) is 1. The number of rotatable bonds is 11. The maximum atomic E-state index is 11.8. The van der Waals surface area contributed by atoms with E-state index in [1.807, 2.05) is 55.5 Å². The van der Waals surface area contributed by atoms with Crippen molar-refractivity contribution in [3.8, 4) is 11.1 Å². The lowest BCUT2D eigenvalue weighted by Crippen LogP contribution is -2.39. The average Bonchev–Trinajstić information content (AvgIpc) is 3.19. The van der Waals surface area contributed by atoms with Crippen LogP contribution in [0, 0.1) is 0 Å². The smallest absolute Gasteiger partial charge is 0.407 e. The molecule has 11 heteroatoms. The van der Waals surface area contributed by atoms with Crippen molar-refractivity contribution in [2.24, 2.45) is 0 Å². The molecule has 3 rings (SSSR count). The van der Waals surface area contributed by atoms with Crippen molar-refractivity contribution < 1.29 is 38.9 Å². The quantitative estimate of drug-likeness (QED) is 0.296. The van der Waals surface area contributed by atoms with Crippen molar-refractivity contribution in [3.63, 3.8) is 0 Å². The van der Waals surface area contributed by atoms with Gasteiger partial charge in [-0.2, -0.15) is 0 Å². The van der Waals surface area contributed by atoms with Crippen LogP contribution < -0.4 is 16.0 Å². The Morgan fingerprint density at radius 3 is 1.87 bits per heavy atom. The summed E-state index contributed by atoms with van der Waals surface area (Å²) in [6.45, 7) is 1.44. The summed E-state index contributed by atoms with van der Waals surface area (Å²) in [6, 6.07) is 16.0. The Morgan fingerprint density at radius 1 is 0.763 bits per heavy atom. The first-order chi connectivity index (χ1) is 17.7. The fourth-order valence-corrected chi connectivity index (χ4v) is 3.66. The molecule has 5 N–H and O–H groups in total. The van der Waals surface area contributed by atoms with Crippen molar-refractivity contribution in [1.82, 2.24) is 16.0 Å². The summed E-state index contributed by atoms with van der Waals surface area (Å²) in [5.41, 5.74) is 4.46. The van der Waals surface area contributed by atoms with Gasteiger partial charge in [-0.25, -0.2) is 4.79 Å². The van der Waals surface area contributed by atoms with Gasteiger partial charge in [0.2, 0.25) is 11.8 Å². The lowest BCUT2D eigenvalue weighted by molar-refractivity contribution is -0.138. The molecule has 0 radical (unpaired) electrons. The molecule has 11 nitrogen and oxygen atoms in total. The van der Waals surface area contributed by atoms with Gasteiger partial charge in [-0.05, 0) is 28.7 Å². The minimum atomic E-state index is -1.15. The maximum Gasteiger partial charge on any atom is 0.407 e. The molecule has 38 heavy (non-hydrogen) atoms. The van der Waals surface area contributed by atoms with Crippen LogP contribution in [0.5, 0.6) is 0 Å². The fourth-order valence-electron chi connectivity index (χ4n) is 3.66. The molecule has 206 valence electrons. The minimum absolute atomic E-state index is 0. The fraction of sp³-hybridized carbons (Fsp3) is 0.370. The van der Waals surface area contributed by atoms with E-state index in [0.29, 0.717) is 6.42 Å². The van der Waals surface area contributed by atoms with Crippen molar-refractivity contribution in [2.75, 3.05) is 26.2 Å². The van der Waals surface area contributed by atoms with Gasteiger partial charge in [-0.15, -0.1) is 0 Å². The molecule has 2 aromatic rings. The number of benzene rings is 2. The van der Waals surface area contributed by atoms with Crippen molar-refractivity contribution in [2.45, 2.75) is 39.5 Å². The summed E-state index contributed by atoms with van der Waals surface area (Å²) in [5, 5.41) is 23.6. The lowest BCUT2D eigenvalue weighted by atomic mass is 9.98. The highest BCUT2D eigenvalue weighted by Crippen LogP contribution is 2.44. The van der Waals surface area contributed by atoms with Crippen LogP contribution in [-0.4, -0.2) is 66.3 Å². The average molecular weight is 530 g/mol. The molecule has 2 aromatic carbocycles. The Labute approximate surface area is 221 Å². The van der Waals surface area contributed by atoms with Crippen molar-refractivity contribution >= 4 is 29.8 Å². The van der Waals surface area contributed by atoms with E-state index in [0.717, 1.165) is 28.7 Å². The summed E-state index contributed by atoms with van der Waals surface area (Å²) in [4.78, 5) is 54.3. The molecule has 3 amide bonds. The topological polar surface area (TPSA) is 171 Å². The number of amides is 3. The van der Waals surface area contributed by atoms with Gasteiger partial charge in [-0.3, -0.25) is 19.2 Å². The molecule has 0 heterocycles. The molecule has 0 fully saturated rings. The second kappa shape index (κ2) is 16.4. The Kier molecular flexibility index (Phi) is 13.6. The Balaban J connectivity index is 0.000000514. The van der Waals surface area contributed by atoms with Crippen LogP contribution in [-0.2, 0) is 23.9 Å². The number of carbonyl (C=O) groups is 5. The summed E-state index contributed by atoms with van der Waals surface area (Å²) >= 11 is 0. The minimum Gasteiger partial charge on any atom is -0.481 e. The SMILES string of the molecule is C.CCCC(=O)NCCC(=O)O.O=C(O)CNC(=O)CNC(=O)OCC1c2ccccc2-c2ccccc21. The zero-order valence-corrected chi connectivity index (χ0v) is 20.5. The van der Waals surface area contributed by atoms with Crippen molar-refractivity contribution in [1.29, 1.82) is 0 Å². The molecular weight excluding hydrogens is 494 g/mol. The molecule has 0 spiro atoms. The molecule has 0 bridgehead atoms. The number of carboxylic acid groups (broad SMARTS) is 2. The monoisotopic (exact) mass is 529 g/mol. The predicted molar refractivity (Wildman–Crippen MR) is 141 cm³/mol. The van der Waals surface area contributed by atoms with E-state index >= 15 is 0 Å². The van der Waals surface area contributed by atoms with Crippen LogP contribution in [0.1, 0.15) is 50.7 Å². The van der Waals surface area contributed by atoms with E-state index in [9.17, 15) is 24.0 Å². The first-order valence-electron chi connectivity index (χ1n) is 11.8. The van der Waals surface area contributed by atoms with E-state index < -0.39 is 30.5 Å². The van der Waals surface area contributed by atoms with E-state index in [1.54, 1.807) is 0 Å². The summed E-state index contributed by atoms with van der Waals surface area (Å²) < 4.78 is 5.27. The zero-order valence-electron chi connectivity index (χ0n) is 20.5. The number of ether oxygens (including phenoxy) is 1. The number of carbonyl (C=O) groups excluding carboxylic acids is 3. The Morgan fingerprint density at radius 2 is 1.34 bits per heavy atom. The summed E-state index contributed by atoms with van der Waals surface area (Å²) in [6.07, 6.45) is 0.533. The van der Waals surface area contributed by atoms with Gasteiger partial charge in [0, 0.05) is 18.9 Å². The van der Waals surface area contributed by atoms with Crippen LogP contribution >= 0.6 is 0 Å². The molecule has 1 aliphatic rings. The van der Waals surface area contributed by atoms with Gasteiger partial charge < -0.3 is 30.9 Å². The lowest BCUT2D eigenvalue weighted by Gasteiger charge is -2.14. The van der Waals surface area contributed by atoms with Gasteiger partial charge in [0.05, 0.1) is 6.42 Å². The maximum absolute atomic E-state index is 11.8. The number of hydrogen-bond acceptors (Lipinski definition) is 6. The molecule has 0 saturated carbocycles. The zero-order chi connectivity index (χ0) is 27.2. The van der Waals surface area contributed by atoms with Crippen molar-refractivity contribution in [3.05, 3.63) is 59.7 Å². The number of fused-ring (bicyclic) bond motifs is 3. The summed E-state index contributed by atoms with van der Waals surface area (Å²) in [7, 11) is 0. The molecule has 0 atom stereocenters. The van der Waals surface area contributed by atoms with E-state index in [4.69, 9.17) is 14.9 Å². The van der Waals surface area contributed by atoms with Gasteiger partial charge in [0.1, 0.15) is 19.7 Å². The molecule has 0 saturated heterocycles. The van der Waals surface area contributed by atoms with Gasteiger partial charge in [0.15, 0.2) is 0 Å². The molecule has 0 unspecified atom stereocenters. The van der Waals surface area contributed by atoms with Gasteiger partial charge in [0.25, 0.3) is 0 Å². The van der Waals surface area contributed by atoms with Gasteiger partial charge >= 0.3 is 18.0 Å². The molecule has 0 aromatic heterocycles. The first kappa shape index (κ1) is 31.6. The van der Waals surface area contributed by atoms with E-state index in [1.165, 1.54) is 0 Å². The van der Waals surface area contributed by atoms with Crippen LogP contribution in [0.4, 0.5) is 4.79 Å². The second-order valence-corrected chi connectivity index (χ2v) is 8.09. The predicted octanol–water partition coefficient (Wildman–Crippen LogP) is 2.74. The number of aliphatic carboxylic acids is 2. The largest absolute Gasteiger partial charge is 0.481 e. The highest BCUT2D eigenvalue weighted by atomic mass is 16.5. The van der Waals surface area contributed by atoms with E-state index in [-0.39, 0.29) is 45.4 Å². The summed E-state index contributed by atoms with van der Waals surface area (Å²) in [5.74, 6) is -2.77. The third-order valence-corrected chi connectivity index (χ3v) is 5.31. The standard InChI is InChI=1S/C19H18N2O5.C7H13NO3.CH4/c22-17(20-10-18(23)24)9-21-19(25)26-11-16-14-7-3-1-5-12(14)13-6-2-4-8-15(13)16;1-2-3-6(9)8-5-4-7(10)11;/h1-8,16H,9-11H2,(H,20,22)(H,21,25)(H,23,24);2-5H2,1H3,(H,8,9)(H,10,11);1H4. The van der Waals surface area contributed by atoms with Crippen LogP contribution in [0.15, 0.2) is 48.5 Å². The van der Waals surface area contributed by atoms with Gasteiger partial charge in [-0.1, -0.05) is 62.9 Å². The Bertz CT molecular complexity index is 1070. The molecule has 0 aliphatic heterocycles. The number of nitrogens with one attached hydrogen (secondary N) is 3. The number of hydrogen-bond donors (Lipinski definition) is 5. The van der Waals surface area contributed by atoms with E-state index in [2.05, 4.69) is 16.0 Å². The Hall–Kier alpha value is -4.41. The third-order valence-electron chi connectivity index (χ3n) is 5.31. The third kappa shape index (κ3) is 10.3. The molecule has 1 aliphatic carbocycles. The molecular formula is C27H35N3O8. The number of carboxylic acids is 2. The highest BCUT2D eigenvalue weighted by molar-refractivity contribution is 5.85. The van der Waals surface area contributed by atoms with Crippen LogP contribution in [0.3, 0.4) is 0 Å².